The van der Waals surface area contributed by atoms with E-state index in [2.05, 4.69) is 10.2 Å². The topological polar surface area (TPSA) is 89.4 Å². The number of phenols is 1. The maximum atomic E-state index is 11.8. The lowest BCUT2D eigenvalue weighted by molar-refractivity contribution is 0.466. The molecule has 126 valence electrons. The van der Waals surface area contributed by atoms with Gasteiger partial charge < -0.3 is 13.9 Å². The molecule has 6 nitrogen and oxygen atoms in total. The zero-order valence-electron chi connectivity index (χ0n) is 13.1. The SMILES string of the molecule is Cc1c(O)ccc2c(CSc3nnc(-c4cccs4)o3)cc(=O)oc12. The van der Waals surface area contributed by atoms with Crippen molar-refractivity contribution in [1.82, 2.24) is 10.2 Å². The van der Waals surface area contributed by atoms with Gasteiger partial charge in [0.1, 0.15) is 11.3 Å². The molecule has 0 atom stereocenters. The van der Waals surface area contributed by atoms with E-state index in [1.807, 2.05) is 17.5 Å². The summed E-state index contributed by atoms with van der Waals surface area (Å²) in [6.07, 6.45) is 0. The average Bonchev–Trinajstić information content (AvgIpc) is 3.27. The second-order valence-electron chi connectivity index (χ2n) is 5.32. The summed E-state index contributed by atoms with van der Waals surface area (Å²) in [6, 6.07) is 8.61. The molecule has 0 aliphatic carbocycles. The molecule has 3 heterocycles. The standard InChI is InChI=1S/C17H12N2O4S2/c1-9-12(20)5-4-11-10(7-14(21)22-15(9)11)8-25-17-19-18-16(23-17)13-3-2-6-24-13/h2-7,20H,8H2,1H3. The van der Waals surface area contributed by atoms with Crippen molar-refractivity contribution in [1.29, 1.82) is 0 Å². The zero-order chi connectivity index (χ0) is 17.4. The maximum Gasteiger partial charge on any atom is 0.336 e. The Balaban J connectivity index is 1.63. The van der Waals surface area contributed by atoms with Crippen molar-refractivity contribution < 1.29 is 13.9 Å². The molecule has 4 aromatic rings. The summed E-state index contributed by atoms with van der Waals surface area (Å²) >= 11 is 2.87. The molecule has 0 amide bonds. The quantitative estimate of drug-likeness (QED) is 0.424. The predicted octanol–water partition coefficient (Wildman–Crippen LogP) is 4.21. The van der Waals surface area contributed by atoms with Gasteiger partial charge in [-0.2, -0.15) is 0 Å². The van der Waals surface area contributed by atoms with Crippen LogP contribution in [0.1, 0.15) is 11.1 Å². The van der Waals surface area contributed by atoms with Gasteiger partial charge in [-0.05, 0) is 36.1 Å². The summed E-state index contributed by atoms with van der Waals surface area (Å²) in [4.78, 5) is 12.7. The van der Waals surface area contributed by atoms with Crippen LogP contribution in [-0.2, 0) is 5.75 Å². The molecule has 8 heteroatoms. The Bertz CT molecular complexity index is 1100. The van der Waals surface area contributed by atoms with Gasteiger partial charge in [0.05, 0.1) is 4.88 Å². The number of thioether (sulfide) groups is 1. The highest BCUT2D eigenvalue weighted by Gasteiger charge is 2.14. The number of aromatic hydroxyl groups is 1. The number of aromatic nitrogens is 2. The highest BCUT2D eigenvalue weighted by molar-refractivity contribution is 7.98. The molecule has 0 spiro atoms. The second kappa shape index (κ2) is 6.38. The number of rotatable bonds is 4. The van der Waals surface area contributed by atoms with E-state index in [9.17, 15) is 9.90 Å². The minimum Gasteiger partial charge on any atom is -0.508 e. The van der Waals surface area contributed by atoms with Crippen molar-refractivity contribution in [3.8, 4) is 16.5 Å². The molecule has 0 aliphatic heterocycles. The van der Waals surface area contributed by atoms with E-state index < -0.39 is 5.63 Å². The van der Waals surface area contributed by atoms with Crippen molar-refractivity contribution in [2.75, 3.05) is 0 Å². The molecule has 0 saturated carbocycles. The van der Waals surface area contributed by atoms with Crippen molar-refractivity contribution in [3.63, 3.8) is 0 Å². The van der Waals surface area contributed by atoms with Gasteiger partial charge in [0.2, 0.25) is 0 Å². The summed E-state index contributed by atoms with van der Waals surface area (Å²) in [5.74, 6) is 1.05. The van der Waals surface area contributed by atoms with E-state index in [1.165, 1.54) is 29.2 Å². The predicted molar refractivity (Wildman–Crippen MR) is 96.1 cm³/mol. The third-order valence-electron chi connectivity index (χ3n) is 3.71. The van der Waals surface area contributed by atoms with Gasteiger partial charge in [-0.25, -0.2) is 4.79 Å². The number of aryl methyl sites for hydroxylation is 1. The fourth-order valence-corrected chi connectivity index (χ4v) is 3.84. The normalized spacial score (nSPS) is 11.2. The smallest absolute Gasteiger partial charge is 0.336 e. The number of benzene rings is 1. The van der Waals surface area contributed by atoms with Crippen LogP contribution in [0, 0.1) is 6.92 Å². The van der Waals surface area contributed by atoms with Gasteiger partial charge in [-0.15, -0.1) is 21.5 Å². The third-order valence-corrected chi connectivity index (χ3v) is 5.43. The molecule has 0 unspecified atom stereocenters. The Labute approximate surface area is 150 Å². The Morgan fingerprint density at radius 2 is 2.12 bits per heavy atom. The molecule has 1 aromatic carbocycles. The van der Waals surface area contributed by atoms with Gasteiger partial charge in [-0.3, -0.25) is 0 Å². The lowest BCUT2D eigenvalue weighted by atomic mass is 10.1. The van der Waals surface area contributed by atoms with E-state index in [1.54, 1.807) is 19.1 Å². The molecule has 0 saturated heterocycles. The van der Waals surface area contributed by atoms with Crippen LogP contribution in [0.25, 0.3) is 21.7 Å². The molecule has 0 aliphatic rings. The van der Waals surface area contributed by atoms with E-state index in [0.717, 1.165) is 15.8 Å². The van der Waals surface area contributed by atoms with Crippen LogP contribution < -0.4 is 5.63 Å². The monoisotopic (exact) mass is 372 g/mol. The molecule has 0 radical (unpaired) electrons. The van der Waals surface area contributed by atoms with Crippen LogP contribution in [0.4, 0.5) is 0 Å². The van der Waals surface area contributed by atoms with Crippen molar-refractivity contribution in [2.24, 2.45) is 0 Å². The highest BCUT2D eigenvalue weighted by Crippen LogP contribution is 2.32. The van der Waals surface area contributed by atoms with Crippen molar-refractivity contribution in [3.05, 3.63) is 57.3 Å². The number of nitrogens with zero attached hydrogens (tertiary/aromatic N) is 2. The minimum absolute atomic E-state index is 0.0953. The Morgan fingerprint density at radius 3 is 2.92 bits per heavy atom. The second-order valence-corrected chi connectivity index (χ2v) is 7.19. The van der Waals surface area contributed by atoms with E-state index in [-0.39, 0.29) is 5.75 Å². The summed E-state index contributed by atoms with van der Waals surface area (Å²) < 4.78 is 10.9. The molecule has 0 bridgehead atoms. The summed E-state index contributed by atoms with van der Waals surface area (Å²) in [5.41, 5.74) is 1.27. The van der Waals surface area contributed by atoms with Crippen LogP contribution >= 0.6 is 23.1 Å². The van der Waals surface area contributed by atoms with Crippen LogP contribution in [0.5, 0.6) is 5.75 Å². The Kier molecular flexibility index (Phi) is 4.06. The Hall–Kier alpha value is -2.58. The van der Waals surface area contributed by atoms with Gasteiger partial charge >= 0.3 is 5.63 Å². The maximum absolute atomic E-state index is 11.8. The summed E-state index contributed by atoms with van der Waals surface area (Å²) in [5, 5.41) is 21.0. The van der Waals surface area contributed by atoms with Crippen LogP contribution in [0.15, 0.2) is 54.6 Å². The number of hydrogen-bond acceptors (Lipinski definition) is 8. The fraction of sp³-hybridized carbons (Fsp3) is 0.118. The van der Waals surface area contributed by atoms with E-state index in [4.69, 9.17) is 8.83 Å². The third kappa shape index (κ3) is 3.06. The summed E-state index contributed by atoms with van der Waals surface area (Å²) in [6.45, 7) is 1.71. The molecule has 1 N–H and O–H groups in total. The minimum atomic E-state index is -0.457. The molecular formula is C17H12N2O4S2. The lowest BCUT2D eigenvalue weighted by Gasteiger charge is -2.07. The highest BCUT2D eigenvalue weighted by atomic mass is 32.2. The molecular weight excluding hydrogens is 360 g/mol. The lowest BCUT2D eigenvalue weighted by Crippen LogP contribution is -2.01. The number of phenolic OH excluding ortho intramolecular Hbond substituents is 1. The first-order valence-corrected chi connectivity index (χ1v) is 9.24. The molecule has 0 fully saturated rings. The zero-order valence-corrected chi connectivity index (χ0v) is 14.7. The van der Waals surface area contributed by atoms with Crippen molar-refractivity contribution >= 4 is 34.1 Å². The van der Waals surface area contributed by atoms with Crippen LogP contribution in [-0.4, -0.2) is 15.3 Å². The first-order valence-electron chi connectivity index (χ1n) is 7.37. The largest absolute Gasteiger partial charge is 0.508 e. The molecule has 4 rings (SSSR count). The van der Waals surface area contributed by atoms with Gasteiger partial charge in [0.25, 0.3) is 11.1 Å². The Morgan fingerprint density at radius 1 is 1.24 bits per heavy atom. The molecule has 3 aromatic heterocycles. The first kappa shape index (κ1) is 15.9. The van der Waals surface area contributed by atoms with Gasteiger partial charge in [-0.1, -0.05) is 17.8 Å². The average molecular weight is 372 g/mol. The van der Waals surface area contributed by atoms with Gasteiger partial charge in [0.15, 0.2) is 0 Å². The number of hydrogen-bond donors (Lipinski definition) is 1. The van der Waals surface area contributed by atoms with E-state index >= 15 is 0 Å². The van der Waals surface area contributed by atoms with E-state index in [0.29, 0.717) is 28.0 Å². The summed E-state index contributed by atoms with van der Waals surface area (Å²) in [7, 11) is 0. The van der Waals surface area contributed by atoms with Gasteiger partial charge in [0, 0.05) is 22.8 Å². The number of fused-ring (bicyclic) bond motifs is 1. The molecule has 25 heavy (non-hydrogen) atoms. The number of thiophene rings is 1. The van der Waals surface area contributed by atoms with Crippen LogP contribution in [0.3, 0.4) is 0 Å². The van der Waals surface area contributed by atoms with Crippen molar-refractivity contribution in [2.45, 2.75) is 17.9 Å². The fourth-order valence-electron chi connectivity index (χ4n) is 2.44. The first-order chi connectivity index (χ1) is 12.1. The van der Waals surface area contributed by atoms with Crippen LogP contribution in [0.2, 0.25) is 0 Å².